The minimum atomic E-state index is 0.127. The van der Waals surface area contributed by atoms with Gasteiger partial charge in [0.1, 0.15) is 0 Å². The number of benzene rings is 1. The first-order valence-corrected chi connectivity index (χ1v) is 6.33. The molecule has 0 fully saturated rings. The Morgan fingerprint density at radius 1 is 1.14 bits per heavy atom. The zero-order valence-corrected chi connectivity index (χ0v) is 9.24. The lowest BCUT2D eigenvalue weighted by molar-refractivity contribution is 1.51. The third-order valence-electron chi connectivity index (χ3n) is 1.92. The SMILES string of the molecule is CNc1ccc(-c2cc(=O)ss2)cc1. The average Bonchev–Trinajstić information content (AvgIpc) is 2.65. The van der Waals surface area contributed by atoms with Crippen molar-refractivity contribution in [1.29, 1.82) is 0 Å². The van der Waals surface area contributed by atoms with E-state index >= 15 is 0 Å². The second kappa shape index (κ2) is 3.94. The van der Waals surface area contributed by atoms with Crippen LogP contribution in [0.3, 0.4) is 0 Å². The summed E-state index contributed by atoms with van der Waals surface area (Å²) in [6.45, 7) is 0. The Balaban J connectivity index is 2.38. The molecule has 2 rings (SSSR count). The molecular formula is C10H9NOS2. The predicted octanol–water partition coefficient (Wildman–Crippen LogP) is 2.88. The Hall–Kier alpha value is -1.13. The van der Waals surface area contributed by atoms with Gasteiger partial charge in [0.05, 0.1) is 0 Å². The maximum absolute atomic E-state index is 11.0. The van der Waals surface area contributed by atoms with Gasteiger partial charge in [0.2, 0.25) is 4.74 Å². The van der Waals surface area contributed by atoms with Crippen LogP contribution in [0.2, 0.25) is 0 Å². The fourth-order valence-corrected chi connectivity index (χ4v) is 3.07. The van der Waals surface area contributed by atoms with Crippen molar-refractivity contribution in [3.63, 3.8) is 0 Å². The maximum Gasteiger partial charge on any atom is 0.243 e. The van der Waals surface area contributed by atoms with Crippen molar-refractivity contribution in [3.8, 4) is 10.4 Å². The molecule has 1 aromatic heterocycles. The summed E-state index contributed by atoms with van der Waals surface area (Å²) in [7, 11) is 4.69. The molecule has 0 radical (unpaired) electrons. The fourth-order valence-electron chi connectivity index (χ4n) is 1.17. The smallest absolute Gasteiger partial charge is 0.243 e. The summed E-state index contributed by atoms with van der Waals surface area (Å²) in [6.07, 6.45) is 0. The Morgan fingerprint density at radius 3 is 2.36 bits per heavy atom. The quantitative estimate of drug-likeness (QED) is 0.793. The van der Waals surface area contributed by atoms with Crippen LogP contribution in [0.1, 0.15) is 0 Å². The molecule has 0 aliphatic rings. The van der Waals surface area contributed by atoms with Crippen LogP contribution in [-0.2, 0) is 0 Å². The molecule has 72 valence electrons. The molecule has 1 N–H and O–H groups in total. The van der Waals surface area contributed by atoms with Crippen molar-refractivity contribution >= 4 is 26.4 Å². The van der Waals surface area contributed by atoms with E-state index in [1.807, 2.05) is 31.3 Å². The summed E-state index contributed by atoms with van der Waals surface area (Å²) in [5.41, 5.74) is 2.18. The van der Waals surface area contributed by atoms with Gasteiger partial charge in [-0.05, 0) is 28.0 Å². The topological polar surface area (TPSA) is 29.1 Å². The van der Waals surface area contributed by atoms with Gasteiger partial charge in [-0.25, -0.2) is 0 Å². The molecule has 2 nitrogen and oxygen atoms in total. The fraction of sp³-hybridized carbons (Fsp3) is 0.100. The van der Waals surface area contributed by atoms with E-state index in [4.69, 9.17) is 0 Å². The number of hydrogen-bond acceptors (Lipinski definition) is 4. The zero-order chi connectivity index (χ0) is 9.97. The van der Waals surface area contributed by atoms with E-state index in [0.29, 0.717) is 0 Å². The standard InChI is InChI=1S/C10H9NOS2/c1-11-8-4-2-7(3-5-8)9-6-10(12)14-13-9/h2-6,11H,1H3. The van der Waals surface area contributed by atoms with Crippen molar-refractivity contribution < 1.29 is 0 Å². The van der Waals surface area contributed by atoms with Gasteiger partial charge in [-0.2, -0.15) is 0 Å². The lowest BCUT2D eigenvalue weighted by atomic mass is 10.2. The molecule has 0 spiro atoms. The number of rotatable bonds is 2. The monoisotopic (exact) mass is 223 g/mol. The molecule has 4 heteroatoms. The maximum atomic E-state index is 11.0. The van der Waals surface area contributed by atoms with E-state index in [1.165, 1.54) is 20.7 Å². The number of anilines is 1. The van der Waals surface area contributed by atoms with Gasteiger partial charge in [-0.1, -0.05) is 22.5 Å². The van der Waals surface area contributed by atoms with Crippen molar-refractivity contribution in [2.45, 2.75) is 0 Å². The lowest BCUT2D eigenvalue weighted by Gasteiger charge is -2.00. The van der Waals surface area contributed by atoms with Gasteiger partial charge in [0, 0.05) is 23.7 Å². The molecule has 1 heterocycles. The molecule has 1 aromatic carbocycles. The molecule has 0 bridgehead atoms. The Morgan fingerprint density at radius 2 is 1.86 bits per heavy atom. The Kier molecular flexibility index (Phi) is 2.65. The van der Waals surface area contributed by atoms with Crippen LogP contribution in [0, 0.1) is 0 Å². The van der Waals surface area contributed by atoms with Crippen LogP contribution in [0.25, 0.3) is 10.4 Å². The van der Waals surface area contributed by atoms with Gasteiger partial charge >= 0.3 is 0 Å². The summed E-state index contributed by atoms with van der Waals surface area (Å²) >= 11 is 0. The first-order chi connectivity index (χ1) is 6.79. The molecule has 0 unspecified atom stereocenters. The largest absolute Gasteiger partial charge is 0.388 e. The van der Waals surface area contributed by atoms with E-state index < -0.39 is 0 Å². The highest BCUT2D eigenvalue weighted by molar-refractivity contribution is 7.69. The molecule has 2 aromatic rings. The normalized spacial score (nSPS) is 10.1. The zero-order valence-electron chi connectivity index (χ0n) is 7.61. The number of hydrogen-bond donors (Lipinski definition) is 1. The summed E-state index contributed by atoms with van der Waals surface area (Å²) in [6, 6.07) is 9.73. The van der Waals surface area contributed by atoms with Crippen LogP contribution in [-0.4, -0.2) is 7.05 Å². The van der Waals surface area contributed by atoms with E-state index in [2.05, 4.69) is 5.32 Å². The van der Waals surface area contributed by atoms with Crippen molar-refractivity contribution in [2.75, 3.05) is 12.4 Å². The van der Waals surface area contributed by atoms with Crippen LogP contribution in [0.4, 0.5) is 5.69 Å². The van der Waals surface area contributed by atoms with E-state index in [-0.39, 0.29) is 4.74 Å². The molecule has 0 saturated carbocycles. The minimum absolute atomic E-state index is 0.127. The van der Waals surface area contributed by atoms with E-state index in [9.17, 15) is 4.79 Å². The molecule has 0 amide bonds. The number of nitrogens with one attached hydrogen (secondary N) is 1. The molecule has 0 aliphatic carbocycles. The highest BCUT2D eigenvalue weighted by Gasteiger charge is 2.00. The summed E-state index contributed by atoms with van der Waals surface area (Å²) in [5, 5.41) is 3.06. The molecule has 14 heavy (non-hydrogen) atoms. The summed E-state index contributed by atoms with van der Waals surface area (Å²) in [5.74, 6) is 0. The van der Waals surface area contributed by atoms with Crippen LogP contribution < -0.4 is 10.1 Å². The van der Waals surface area contributed by atoms with Gasteiger partial charge < -0.3 is 5.32 Å². The molecule has 0 aliphatic heterocycles. The Bertz CT molecular complexity index is 469. The summed E-state index contributed by atoms with van der Waals surface area (Å²) < 4.78 is 0.127. The third kappa shape index (κ3) is 1.86. The van der Waals surface area contributed by atoms with Crippen LogP contribution in [0.5, 0.6) is 0 Å². The minimum Gasteiger partial charge on any atom is -0.388 e. The second-order valence-electron chi connectivity index (χ2n) is 2.82. The van der Waals surface area contributed by atoms with Crippen molar-refractivity contribution in [3.05, 3.63) is 39.9 Å². The predicted molar refractivity (Wildman–Crippen MR) is 63.4 cm³/mol. The average molecular weight is 223 g/mol. The lowest BCUT2D eigenvalue weighted by Crippen LogP contribution is -1.86. The van der Waals surface area contributed by atoms with Crippen LogP contribution >= 0.6 is 20.7 Å². The first-order valence-electron chi connectivity index (χ1n) is 4.18. The van der Waals surface area contributed by atoms with Gasteiger partial charge in [0.25, 0.3) is 0 Å². The first kappa shape index (κ1) is 9.43. The van der Waals surface area contributed by atoms with Crippen molar-refractivity contribution in [2.24, 2.45) is 0 Å². The molecule has 0 atom stereocenters. The summed E-state index contributed by atoms with van der Waals surface area (Å²) in [4.78, 5) is 12.0. The van der Waals surface area contributed by atoms with Gasteiger partial charge in [0.15, 0.2) is 0 Å². The van der Waals surface area contributed by atoms with E-state index in [1.54, 1.807) is 6.07 Å². The van der Waals surface area contributed by atoms with Crippen LogP contribution in [0.15, 0.2) is 35.1 Å². The highest BCUT2D eigenvalue weighted by atomic mass is 32.9. The van der Waals surface area contributed by atoms with Crippen molar-refractivity contribution in [1.82, 2.24) is 0 Å². The molecular weight excluding hydrogens is 214 g/mol. The second-order valence-corrected chi connectivity index (χ2v) is 5.00. The van der Waals surface area contributed by atoms with Gasteiger partial charge in [-0.3, -0.25) is 4.79 Å². The highest BCUT2D eigenvalue weighted by Crippen LogP contribution is 2.25. The third-order valence-corrected chi connectivity index (χ3v) is 4.10. The van der Waals surface area contributed by atoms with E-state index in [0.717, 1.165) is 16.1 Å². The van der Waals surface area contributed by atoms with Gasteiger partial charge in [-0.15, -0.1) is 0 Å². The molecule has 0 saturated heterocycles. The Labute approximate surface area is 89.2 Å².